The maximum absolute atomic E-state index is 14.2. The number of aromatic nitrogens is 3. The number of aromatic hydroxyl groups is 1. The molecule has 2 aliphatic heterocycles. The van der Waals surface area contributed by atoms with Crippen molar-refractivity contribution in [2.24, 2.45) is 5.41 Å². The quantitative estimate of drug-likeness (QED) is 0.102. The summed E-state index contributed by atoms with van der Waals surface area (Å²) in [5, 5.41) is 35.5. The van der Waals surface area contributed by atoms with E-state index in [-0.39, 0.29) is 55.1 Å². The predicted molar refractivity (Wildman–Crippen MR) is 243 cm³/mol. The Morgan fingerprint density at radius 1 is 0.952 bits per heavy atom. The van der Waals surface area contributed by atoms with Gasteiger partial charge in [-0.1, -0.05) is 69.3 Å². The number of para-hydroxylation sites is 1. The number of hydrogen-bond donors (Lipinski definition) is 5. The Balaban J connectivity index is 0.923. The summed E-state index contributed by atoms with van der Waals surface area (Å²) in [5.74, 6) is -0.573. The third-order valence-corrected chi connectivity index (χ3v) is 13.1. The van der Waals surface area contributed by atoms with Crippen molar-refractivity contribution < 1.29 is 24.6 Å². The fourth-order valence-electron chi connectivity index (χ4n) is 8.43. The number of nitrogens with two attached hydrogens (primary N) is 1. The number of nitrogens with zero attached hydrogens (tertiary/aromatic N) is 6. The molecule has 5 aromatic rings. The lowest BCUT2D eigenvalue weighted by atomic mass is 9.85. The average Bonchev–Trinajstić information content (AvgIpc) is 3.88. The number of carbonyl (C=O) groups excluding carboxylic acids is 3. The molecule has 6 N–H and O–H groups in total. The number of aliphatic hydroxyl groups excluding tert-OH is 1. The number of aryl methyl sites for hydroxylation is 1. The van der Waals surface area contributed by atoms with Gasteiger partial charge in [0, 0.05) is 56.0 Å². The molecule has 4 heterocycles. The van der Waals surface area contributed by atoms with Crippen molar-refractivity contribution in [2.75, 3.05) is 43.9 Å². The first-order valence-electron chi connectivity index (χ1n) is 21.1. The highest BCUT2D eigenvalue weighted by molar-refractivity contribution is 7.13. The van der Waals surface area contributed by atoms with Gasteiger partial charge in [0.25, 0.3) is 0 Å². The van der Waals surface area contributed by atoms with E-state index in [1.807, 2.05) is 88.7 Å². The molecule has 2 aromatic heterocycles. The minimum Gasteiger partial charge on any atom is -0.507 e. The van der Waals surface area contributed by atoms with Crippen LogP contribution in [0.25, 0.3) is 32.8 Å². The summed E-state index contributed by atoms with van der Waals surface area (Å²) >= 11 is 1.58. The zero-order valence-electron chi connectivity index (χ0n) is 36.2. The highest BCUT2D eigenvalue weighted by Gasteiger charge is 2.45. The largest absolute Gasteiger partial charge is 0.507 e. The van der Waals surface area contributed by atoms with Gasteiger partial charge in [-0.3, -0.25) is 19.3 Å². The van der Waals surface area contributed by atoms with E-state index in [4.69, 9.17) is 5.73 Å². The second-order valence-corrected chi connectivity index (χ2v) is 18.4. The van der Waals surface area contributed by atoms with E-state index < -0.39 is 23.6 Å². The lowest BCUT2D eigenvalue weighted by Crippen LogP contribution is -2.59. The minimum absolute atomic E-state index is 0.00991. The first kappa shape index (κ1) is 44.2. The zero-order valence-corrected chi connectivity index (χ0v) is 37.0. The normalized spacial score (nSPS) is 18.3. The lowest BCUT2D eigenvalue weighted by molar-refractivity contribution is -0.144. The second-order valence-electron chi connectivity index (χ2n) is 17.6. The summed E-state index contributed by atoms with van der Waals surface area (Å²) in [6.07, 6.45) is 0.942. The molecule has 7 rings (SSSR count). The molecule has 62 heavy (non-hydrogen) atoms. The van der Waals surface area contributed by atoms with Gasteiger partial charge in [0.1, 0.15) is 17.8 Å². The molecule has 0 radical (unpaired) electrons. The van der Waals surface area contributed by atoms with Crippen molar-refractivity contribution in [1.29, 1.82) is 0 Å². The van der Waals surface area contributed by atoms with E-state index in [9.17, 15) is 24.6 Å². The molecule has 2 aliphatic rings. The van der Waals surface area contributed by atoms with Crippen LogP contribution < -0.4 is 21.3 Å². The molecule has 0 bridgehead atoms. The Hall–Kier alpha value is -5.90. The molecule has 2 saturated heterocycles. The van der Waals surface area contributed by atoms with Crippen LogP contribution in [-0.4, -0.2) is 110 Å². The van der Waals surface area contributed by atoms with Crippen LogP contribution in [0.3, 0.4) is 0 Å². The van der Waals surface area contributed by atoms with Gasteiger partial charge in [0.05, 0.1) is 40.5 Å². The lowest BCUT2D eigenvalue weighted by Gasteiger charge is -2.38. The van der Waals surface area contributed by atoms with Crippen molar-refractivity contribution >= 4 is 40.6 Å². The SMILES string of the molecule is Cc1ncsc1-c1ccc(C(C)NC(=O)[C@@H]2C[C@@H](O)CN2C(=O)C(NC(=O)CN2CCC(N(C)c3ccc(-c4cc(-c5ccccc5O)nnc4N)cc3)CC2)C(C)(C)C)cc1. The number of phenolic OH excluding ortho intramolecular Hbond substituents is 1. The third kappa shape index (κ3) is 9.90. The predicted octanol–water partition coefficient (Wildman–Crippen LogP) is 5.80. The Morgan fingerprint density at radius 3 is 2.27 bits per heavy atom. The molecule has 0 spiro atoms. The molecule has 14 nitrogen and oxygen atoms in total. The topological polar surface area (TPSA) is 190 Å². The minimum atomic E-state index is -0.905. The van der Waals surface area contributed by atoms with Crippen molar-refractivity contribution in [3.05, 3.63) is 95.6 Å². The highest BCUT2D eigenvalue weighted by Crippen LogP contribution is 2.34. The number of hydrogen-bond acceptors (Lipinski definition) is 12. The van der Waals surface area contributed by atoms with Crippen LogP contribution in [0.1, 0.15) is 64.3 Å². The molecule has 15 heteroatoms. The van der Waals surface area contributed by atoms with Crippen LogP contribution in [-0.2, 0) is 14.4 Å². The van der Waals surface area contributed by atoms with Crippen LogP contribution in [0.5, 0.6) is 5.75 Å². The van der Waals surface area contributed by atoms with Gasteiger partial charge in [0.15, 0.2) is 5.82 Å². The standard InChI is InChI=1S/C47H57N9O5S/c1-28(30-11-13-32(14-12-30)42-29(2)49-27-62-42)50-45(60)39-23-35(57)25-56(39)46(61)43(47(3,4)5)51-41(59)26-55-21-19-34(20-22-55)54(6)33-17-15-31(16-18-33)37-24-38(52-53-44(37)48)36-9-7-8-10-40(36)58/h7-18,24,27-28,34-35,39,43,57-58H,19-23,25-26H2,1-6H3,(H2,48,53)(H,50,60)(H,51,59)/t28?,35-,39+,43?/m1/s1. The van der Waals surface area contributed by atoms with E-state index in [2.05, 4.69) is 54.8 Å². The maximum atomic E-state index is 14.2. The van der Waals surface area contributed by atoms with E-state index in [1.165, 1.54) is 4.90 Å². The van der Waals surface area contributed by atoms with Crippen molar-refractivity contribution in [3.63, 3.8) is 0 Å². The number of nitrogens with one attached hydrogen (secondary N) is 2. The average molecular weight is 860 g/mol. The molecule has 2 unspecified atom stereocenters. The fraction of sp³-hybridized carbons (Fsp3) is 0.404. The first-order valence-corrected chi connectivity index (χ1v) is 22.0. The number of thiazole rings is 1. The van der Waals surface area contributed by atoms with Gasteiger partial charge >= 0.3 is 0 Å². The van der Waals surface area contributed by atoms with Gasteiger partial charge in [-0.15, -0.1) is 21.5 Å². The summed E-state index contributed by atoms with van der Waals surface area (Å²) in [4.78, 5) is 52.8. The van der Waals surface area contributed by atoms with Crippen molar-refractivity contribution in [3.8, 4) is 38.6 Å². The van der Waals surface area contributed by atoms with Crippen molar-refractivity contribution in [1.82, 2.24) is 35.6 Å². The Labute approximate surface area is 367 Å². The molecule has 0 saturated carbocycles. The molecule has 0 aliphatic carbocycles. The van der Waals surface area contributed by atoms with Gasteiger partial charge in [0.2, 0.25) is 17.7 Å². The number of nitrogen functional groups attached to an aromatic ring is 1. The summed E-state index contributed by atoms with van der Waals surface area (Å²) in [5.41, 5.74) is 14.1. The number of piperidine rings is 1. The van der Waals surface area contributed by atoms with Crippen LogP contribution >= 0.6 is 11.3 Å². The van der Waals surface area contributed by atoms with E-state index in [0.29, 0.717) is 30.2 Å². The zero-order chi connectivity index (χ0) is 44.3. The highest BCUT2D eigenvalue weighted by atomic mass is 32.1. The van der Waals surface area contributed by atoms with Gasteiger partial charge in [-0.05, 0) is 79.1 Å². The molecule has 4 atom stereocenters. The maximum Gasteiger partial charge on any atom is 0.246 e. The van der Waals surface area contributed by atoms with E-state index in [0.717, 1.165) is 51.4 Å². The molecule has 3 aromatic carbocycles. The number of likely N-dealkylation sites (tertiary alicyclic amines) is 2. The number of rotatable bonds is 12. The van der Waals surface area contributed by atoms with Gasteiger partial charge < -0.3 is 36.4 Å². The Bertz CT molecular complexity index is 2370. The number of β-amino-alcohol motifs (C(OH)–C–C–N with tert-alkyl or cyclic N) is 1. The number of aliphatic hydroxyl groups is 1. The fourth-order valence-corrected chi connectivity index (χ4v) is 9.24. The summed E-state index contributed by atoms with van der Waals surface area (Å²) in [7, 11) is 2.08. The summed E-state index contributed by atoms with van der Waals surface area (Å²) < 4.78 is 0. The monoisotopic (exact) mass is 859 g/mol. The van der Waals surface area contributed by atoms with Gasteiger partial charge in [-0.25, -0.2) is 4.98 Å². The third-order valence-electron chi connectivity index (χ3n) is 12.1. The molecular formula is C47H57N9O5S. The number of carbonyl (C=O) groups is 3. The first-order chi connectivity index (χ1) is 29.6. The smallest absolute Gasteiger partial charge is 0.246 e. The number of phenols is 1. The molecular weight excluding hydrogens is 803 g/mol. The van der Waals surface area contributed by atoms with Crippen LogP contribution in [0.4, 0.5) is 11.5 Å². The Morgan fingerprint density at radius 2 is 1.63 bits per heavy atom. The van der Waals surface area contributed by atoms with Crippen molar-refractivity contribution in [2.45, 2.75) is 84.2 Å². The summed E-state index contributed by atoms with van der Waals surface area (Å²) in [6.45, 7) is 11.1. The van der Waals surface area contributed by atoms with E-state index >= 15 is 0 Å². The summed E-state index contributed by atoms with van der Waals surface area (Å²) in [6, 6.07) is 23.1. The Kier molecular flexibility index (Phi) is 13.3. The molecule has 326 valence electrons. The van der Waals surface area contributed by atoms with Gasteiger partial charge in [-0.2, -0.15) is 0 Å². The van der Waals surface area contributed by atoms with Crippen LogP contribution in [0.15, 0.2) is 84.4 Å². The molecule has 2 fully saturated rings. The van der Waals surface area contributed by atoms with E-state index in [1.54, 1.807) is 29.5 Å². The van der Waals surface area contributed by atoms with Crippen LogP contribution in [0.2, 0.25) is 0 Å². The number of anilines is 2. The number of benzene rings is 3. The number of amides is 3. The van der Waals surface area contributed by atoms with Crippen LogP contribution in [0, 0.1) is 12.3 Å². The molecule has 3 amide bonds. The second kappa shape index (κ2) is 18.6.